The van der Waals surface area contributed by atoms with Crippen LogP contribution >= 0.6 is 11.3 Å². The first-order valence-corrected chi connectivity index (χ1v) is 11.2. The summed E-state index contributed by atoms with van der Waals surface area (Å²) >= 11 is 1.68. The highest BCUT2D eigenvalue weighted by atomic mass is 32.1. The lowest BCUT2D eigenvalue weighted by molar-refractivity contribution is -0.135. The van der Waals surface area contributed by atoms with Crippen molar-refractivity contribution in [2.45, 2.75) is 45.6 Å². The molecule has 1 saturated heterocycles. The van der Waals surface area contributed by atoms with Gasteiger partial charge in [-0.15, -0.1) is 16.4 Å². The molecule has 0 spiro atoms. The third kappa shape index (κ3) is 3.10. The second kappa shape index (κ2) is 7.19. The Kier molecular flexibility index (Phi) is 4.61. The molecule has 5 rings (SSSR count). The van der Waals surface area contributed by atoms with E-state index in [4.69, 9.17) is 5.73 Å². The smallest absolute Gasteiger partial charge is 0.352 e. The Morgan fingerprint density at radius 1 is 1.27 bits per heavy atom. The quantitative estimate of drug-likeness (QED) is 0.667. The minimum Gasteiger partial charge on any atom is -0.369 e. The molecule has 0 unspecified atom stereocenters. The summed E-state index contributed by atoms with van der Waals surface area (Å²) < 4.78 is 2.68. The Morgan fingerprint density at radius 2 is 2.03 bits per heavy atom. The van der Waals surface area contributed by atoms with E-state index in [2.05, 4.69) is 17.0 Å². The van der Waals surface area contributed by atoms with Gasteiger partial charge in [0.25, 0.3) is 0 Å². The highest BCUT2D eigenvalue weighted by Crippen LogP contribution is 2.38. The summed E-state index contributed by atoms with van der Waals surface area (Å²) in [5.41, 5.74) is 6.84. The predicted molar refractivity (Wildman–Crippen MR) is 112 cm³/mol. The maximum atomic E-state index is 12.9. The fourth-order valence-electron chi connectivity index (χ4n) is 4.61. The van der Waals surface area contributed by atoms with E-state index < -0.39 is 0 Å². The molecule has 1 aliphatic carbocycles. The zero-order valence-corrected chi connectivity index (χ0v) is 17.7. The summed E-state index contributed by atoms with van der Waals surface area (Å²) in [5, 5.41) is 5.48. The average Bonchev–Trinajstić information content (AvgIpc) is 3.25. The van der Waals surface area contributed by atoms with Crippen LogP contribution in [-0.2, 0) is 29.0 Å². The molecule has 2 N–H and O–H groups in total. The monoisotopic (exact) mass is 428 g/mol. The molecule has 4 heterocycles. The number of nitrogens with zero attached hydrogens (tertiary/aromatic N) is 5. The number of rotatable bonds is 3. The van der Waals surface area contributed by atoms with Gasteiger partial charge in [-0.1, -0.05) is 6.92 Å². The number of aryl methyl sites for hydroxylation is 1. The first kappa shape index (κ1) is 19.2. The summed E-state index contributed by atoms with van der Waals surface area (Å²) in [6, 6.07) is 0. The van der Waals surface area contributed by atoms with Gasteiger partial charge in [-0.25, -0.2) is 18.9 Å². The van der Waals surface area contributed by atoms with E-state index in [9.17, 15) is 14.4 Å². The van der Waals surface area contributed by atoms with Crippen LogP contribution in [0.4, 0.5) is 0 Å². The fourth-order valence-corrected chi connectivity index (χ4v) is 5.95. The second-order valence-corrected chi connectivity index (χ2v) is 9.55. The van der Waals surface area contributed by atoms with E-state index in [1.54, 1.807) is 16.2 Å². The molecule has 0 radical (unpaired) electrons. The normalized spacial score (nSPS) is 20.0. The molecule has 3 aromatic rings. The van der Waals surface area contributed by atoms with E-state index in [-0.39, 0.29) is 30.0 Å². The summed E-state index contributed by atoms with van der Waals surface area (Å²) in [6.07, 6.45) is 5.75. The SMILES string of the molecule is C[C@H]1CCc2c(sc3ncn4c(=O)n(CC(=O)N5CCC(C(N)=O)CC5)nc4c23)C1. The lowest BCUT2D eigenvalue weighted by atomic mass is 9.89. The van der Waals surface area contributed by atoms with Gasteiger partial charge in [0.2, 0.25) is 11.8 Å². The molecule has 9 nitrogen and oxygen atoms in total. The van der Waals surface area contributed by atoms with Crippen LogP contribution < -0.4 is 11.4 Å². The Balaban J connectivity index is 1.45. The number of thiophene rings is 1. The van der Waals surface area contributed by atoms with Crippen molar-refractivity contribution >= 4 is 39.0 Å². The van der Waals surface area contributed by atoms with Crippen LogP contribution in [0.25, 0.3) is 15.9 Å². The highest BCUT2D eigenvalue weighted by Gasteiger charge is 2.28. The molecular formula is C20H24N6O3S. The minimum atomic E-state index is -0.358. The number of carbonyl (C=O) groups excluding carboxylic acids is 2. The molecule has 158 valence electrons. The largest absolute Gasteiger partial charge is 0.369 e. The highest BCUT2D eigenvalue weighted by molar-refractivity contribution is 7.19. The molecule has 2 aliphatic rings. The summed E-state index contributed by atoms with van der Waals surface area (Å²) in [7, 11) is 0. The number of hydrogen-bond acceptors (Lipinski definition) is 6. The number of aromatic nitrogens is 4. The van der Waals surface area contributed by atoms with Crippen molar-refractivity contribution in [3.63, 3.8) is 0 Å². The first-order valence-electron chi connectivity index (χ1n) is 10.4. The maximum Gasteiger partial charge on any atom is 0.352 e. The number of nitrogens with two attached hydrogens (primary N) is 1. The van der Waals surface area contributed by atoms with Crippen molar-refractivity contribution in [3.8, 4) is 0 Å². The first-order chi connectivity index (χ1) is 14.4. The lowest BCUT2D eigenvalue weighted by Crippen LogP contribution is -2.44. The minimum absolute atomic E-state index is 0.118. The van der Waals surface area contributed by atoms with Crippen molar-refractivity contribution in [1.29, 1.82) is 0 Å². The van der Waals surface area contributed by atoms with Crippen molar-refractivity contribution in [3.05, 3.63) is 27.3 Å². The molecule has 1 atom stereocenters. The number of amides is 2. The Hall–Kier alpha value is -2.75. The number of likely N-dealkylation sites (tertiary alicyclic amines) is 1. The Morgan fingerprint density at radius 3 is 2.77 bits per heavy atom. The second-order valence-electron chi connectivity index (χ2n) is 8.47. The molecule has 1 fully saturated rings. The van der Waals surface area contributed by atoms with Crippen LogP contribution in [0.2, 0.25) is 0 Å². The van der Waals surface area contributed by atoms with Gasteiger partial charge in [0, 0.05) is 23.9 Å². The molecular weight excluding hydrogens is 404 g/mol. The van der Waals surface area contributed by atoms with Crippen molar-refractivity contribution < 1.29 is 9.59 Å². The van der Waals surface area contributed by atoms with Crippen LogP contribution in [0.15, 0.2) is 11.1 Å². The van der Waals surface area contributed by atoms with E-state index in [0.29, 0.717) is 37.5 Å². The van der Waals surface area contributed by atoms with E-state index >= 15 is 0 Å². The van der Waals surface area contributed by atoms with E-state index in [1.165, 1.54) is 25.9 Å². The molecule has 30 heavy (non-hydrogen) atoms. The molecule has 10 heteroatoms. The van der Waals surface area contributed by atoms with Crippen molar-refractivity contribution in [2.75, 3.05) is 13.1 Å². The van der Waals surface area contributed by atoms with Gasteiger partial charge >= 0.3 is 5.69 Å². The molecule has 0 bridgehead atoms. The zero-order chi connectivity index (χ0) is 21.0. The topological polar surface area (TPSA) is 116 Å². The van der Waals surface area contributed by atoms with Crippen molar-refractivity contribution in [1.82, 2.24) is 24.1 Å². The van der Waals surface area contributed by atoms with Crippen LogP contribution in [0.1, 0.15) is 36.6 Å². The maximum absolute atomic E-state index is 12.9. The Labute approximate surface area is 176 Å². The fraction of sp³-hybridized carbons (Fsp3) is 0.550. The van der Waals surface area contributed by atoms with Crippen LogP contribution in [-0.4, -0.2) is 49.0 Å². The third-order valence-electron chi connectivity index (χ3n) is 6.41. The number of carbonyl (C=O) groups is 2. The van der Waals surface area contributed by atoms with Crippen LogP contribution in [0.3, 0.4) is 0 Å². The summed E-state index contributed by atoms with van der Waals surface area (Å²) in [6.45, 7) is 3.08. The van der Waals surface area contributed by atoms with E-state index in [0.717, 1.165) is 29.5 Å². The van der Waals surface area contributed by atoms with Gasteiger partial charge in [0.1, 0.15) is 17.7 Å². The van der Waals surface area contributed by atoms with Crippen molar-refractivity contribution in [2.24, 2.45) is 17.6 Å². The van der Waals surface area contributed by atoms with Crippen LogP contribution in [0, 0.1) is 11.8 Å². The third-order valence-corrected chi connectivity index (χ3v) is 7.58. The molecule has 1 aliphatic heterocycles. The lowest BCUT2D eigenvalue weighted by Gasteiger charge is -2.30. The van der Waals surface area contributed by atoms with Gasteiger partial charge in [-0.3, -0.25) is 9.59 Å². The molecule has 2 amide bonds. The number of fused-ring (bicyclic) bond motifs is 5. The summed E-state index contributed by atoms with van der Waals surface area (Å²) in [5.74, 6) is -0.0195. The average molecular weight is 429 g/mol. The zero-order valence-electron chi connectivity index (χ0n) is 16.8. The van der Waals surface area contributed by atoms with Gasteiger partial charge in [-0.2, -0.15) is 0 Å². The predicted octanol–water partition coefficient (Wildman–Crippen LogP) is 0.954. The van der Waals surface area contributed by atoms with Gasteiger partial charge < -0.3 is 10.6 Å². The Bertz CT molecular complexity index is 1220. The van der Waals surface area contributed by atoms with Crippen LogP contribution in [0.5, 0.6) is 0 Å². The number of piperidine rings is 1. The van der Waals surface area contributed by atoms with Gasteiger partial charge in [-0.05, 0) is 43.6 Å². The summed E-state index contributed by atoms with van der Waals surface area (Å²) in [4.78, 5) is 45.3. The molecule has 0 aromatic carbocycles. The number of primary amides is 1. The van der Waals surface area contributed by atoms with Gasteiger partial charge in [0.05, 0.1) is 5.39 Å². The van der Waals surface area contributed by atoms with Gasteiger partial charge in [0.15, 0.2) is 5.65 Å². The molecule has 0 saturated carbocycles. The molecule has 3 aromatic heterocycles. The number of hydrogen-bond donors (Lipinski definition) is 1. The standard InChI is InChI=1S/C20H24N6O3S/c1-11-2-3-13-14(8-11)30-19-16(13)18-23-26(20(29)25(18)10-22-19)9-15(27)24-6-4-12(5-7-24)17(21)28/h10-12H,2-9H2,1H3,(H2,21,28)/t11-/m0/s1. The van der Waals surface area contributed by atoms with E-state index in [1.807, 2.05) is 0 Å².